The predicted octanol–water partition coefficient (Wildman–Crippen LogP) is 3.68. The zero-order valence-corrected chi connectivity index (χ0v) is 14.1. The summed E-state index contributed by atoms with van der Waals surface area (Å²) < 4.78 is 36.9. The van der Waals surface area contributed by atoms with Crippen LogP contribution >= 0.6 is 0 Å². The van der Waals surface area contributed by atoms with E-state index in [0.29, 0.717) is 13.0 Å². The number of esters is 1. The molecule has 0 fully saturated rings. The van der Waals surface area contributed by atoms with Gasteiger partial charge in [0.15, 0.2) is 0 Å². The van der Waals surface area contributed by atoms with Gasteiger partial charge in [-0.1, -0.05) is 12.2 Å². The van der Waals surface area contributed by atoms with Crippen LogP contribution in [-0.4, -0.2) is 31.3 Å². The van der Waals surface area contributed by atoms with Gasteiger partial charge in [0.1, 0.15) is 22.8 Å². The number of alkyl carbamates (subject to hydrolysis) is 1. The molecule has 0 unspecified atom stereocenters. The van der Waals surface area contributed by atoms with E-state index in [0.717, 1.165) is 19.2 Å². The second-order valence-corrected chi connectivity index (χ2v) is 5.97. The first-order valence-corrected chi connectivity index (χ1v) is 7.35. The molecule has 0 aromatic heterocycles. The average molecular weight is 341 g/mol. The van der Waals surface area contributed by atoms with Crippen LogP contribution in [0.5, 0.6) is 0 Å². The minimum atomic E-state index is -1.07. The highest BCUT2D eigenvalue weighted by Gasteiger charge is 2.18. The average Bonchev–Trinajstić information content (AvgIpc) is 2.44. The molecule has 24 heavy (non-hydrogen) atoms. The fourth-order valence-corrected chi connectivity index (χ4v) is 1.78. The molecular formula is C17H21F2NO4. The maximum Gasteiger partial charge on any atom is 0.407 e. The van der Waals surface area contributed by atoms with Gasteiger partial charge >= 0.3 is 12.1 Å². The molecule has 1 aromatic carbocycles. The van der Waals surface area contributed by atoms with Gasteiger partial charge in [-0.3, -0.25) is 0 Å². The number of amides is 1. The third kappa shape index (κ3) is 6.36. The normalized spacial score (nSPS) is 11.4. The molecule has 0 aliphatic carbocycles. The number of ether oxygens (including phenoxy) is 2. The summed E-state index contributed by atoms with van der Waals surface area (Å²) in [5, 5.41) is 2.56. The number of benzene rings is 1. The molecule has 0 bridgehead atoms. The summed E-state index contributed by atoms with van der Waals surface area (Å²) in [6.45, 7) is 5.59. The third-order valence-corrected chi connectivity index (χ3v) is 2.74. The molecule has 1 amide bonds. The van der Waals surface area contributed by atoms with Crippen molar-refractivity contribution in [3.8, 4) is 0 Å². The van der Waals surface area contributed by atoms with Crippen molar-refractivity contribution in [2.75, 3.05) is 13.7 Å². The van der Waals surface area contributed by atoms with E-state index in [2.05, 4.69) is 10.1 Å². The van der Waals surface area contributed by atoms with Crippen LogP contribution in [0.1, 0.15) is 43.1 Å². The molecule has 0 radical (unpaired) electrons. The van der Waals surface area contributed by atoms with Crippen molar-refractivity contribution < 1.29 is 27.8 Å². The Morgan fingerprint density at radius 2 is 1.79 bits per heavy atom. The summed E-state index contributed by atoms with van der Waals surface area (Å²) >= 11 is 0. The van der Waals surface area contributed by atoms with Crippen molar-refractivity contribution in [1.29, 1.82) is 0 Å². The minimum absolute atomic E-state index is 0.259. The number of rotatable bonds is 5. The van der Waals surface area contributed by atoms with Crippen molar-refractivity contribution in [3.05, 3.63) is 41.0 Å². The van der Waals surface area contributed by atoms with E-state index in [1.165, 1.54) is 6.08 Å². The molecular weight excluding hydrogens is 320 g/mol. The summed E-state index contributed by atoms with van der Waals surface area (Å²) in [5.41, 5.74) is -1.03. The maximum absolute atomic E-state index is 13.7. The number of halogens is 2. The van der Waals surface area contributed by atoms with Crippen LogP contribution in [0.15, 0.2) is 18.2 Å². The summed E-state index contributed by atoms with van der Waals surface area (Å²) in [6, 6.07) is 2.07. The first-order valence-electron chi connectivity index (χ1n) is 7.35. The SMILES string of the molecule is COC(=O)c1c(F)cc(C=CCCNC(=O)OC(C)(C)C)cc1F. The Kier molecular flexibility index (Phi) is 6.88. The van der Waals surface area contributed by atoms with Crippen LogP contribution in [0.2, 0.25) is 0 Å². The molecule has 7 heteroatoms. The summed E-state index contributed by atoms with van der Waals surface area (Å²) in [5.74, 6) is -3.05. The Hall–Kier alpha value is -2.44. The molecule has 0 heterocycles. The molecule has 132 valence electrons. The van der Waals surface area contributed by atoms with Crippen molar-refractivity contribution in [1.82, 2.24) is 5.32 Å². The van der Waals surface area contributed by atoms with Crippen LogP contribution in [0, 0.1) is 11.6 Å². The summed E-state index contributed by atoms with van der Waals surface area (Å²) in [4.78, 5) is 22.7. The molecule has 5 nitrogen and oxygen atoms in total. The minimum Gasteiger partial charge on any atom is -0.465 e. The highest BCUT2D eigenvalue weighted by Crippen LogP contribution is 2.17. The van der Waals surface area contributed by atoms with Gasteiger partial charge in [-0.25, -0.2) is 18.4 Å². The van der Waals surface area contributed by atoms with E-state index >= 15 is 0 Å². The largest absolute Gasteiger partial charge is 0.465 e. The molecule has 0 saturated carbocycles. The van der Waals surface area contributed by atoms with Crippen molar-refractivity contribution in [3.63, 3.8) is 0 Å². The third-order valence-electron chi connectivity index (χ3n) is 2.74. The topological polar surface area (TPSA) is 64.6 Å². The van der Waals surface area contributed by atoms with Crippen molar-refractivity contribution >= 4 is 18.1 Å². The number of nitrogens with one attached hydrogen (secondary N) is 1. The van der Waals surface area contributed by atoms with Gasteiger partial charge in [-0.05, 0) is 44.9 Å². The fraction of sp³-hybridized carbons (Fsp3) is 0.412. The Morgan fingerprint density at radius 3 is 2.29 bits per heavy atom. The Morgan fingerprint density at radius 1 is 1.21 bits per heavy atom. The molecule has 0 saturated heterocycles. The first kappa shape index (κ1) is 19.6. The van der Waals surface area contributed by atoms with Crippen LogP contribution in [-0.2, 0) is 9.47 Å². The van der Waals surface area contributed by atoms with Crippen LogP contribution in [0.25, 0.3) is 6.08 Å². The van der Waals surface area contributed by atoms with Crippen molar-refractivity contribution in [2.24, 2.45) is 0 Å². The van der Waals surface area contributed by atoms with Gasteiger partial charge in [0.05, 0.1) is 7.11 Å². The quantitative estimate of drug-likeness (QED) is 0.655. The van der Waals surface area contributed by atoms with Crippen LogP contribution in [0.3, 0.4) is 0 Å². The molecule has 0 atom stereocenters. The number of methoxy groups -OCH3 is 1. The second-order valence-electron chi connectivity index (χ2n) is 5.97. The lowest BCUT2D eigenvalue weighted by Crippen LogP contribution is -2.32. The lowest BCUT2D eigenvalue weighted by molar-refractivity contribution is 0.0527. The smallest absolute Gasteiger partial charge is 0.407 e. The predicted molar refractivity (Wildman–Crippen MR) is 85.6 cm³/mol. The van der Waals surface area contributed by atoms with Crippen molar-refractivity contribution in [2.45, 2.75) is 32.8 Å². The monoisotopic (exact) mass is 341 g/mol. The van der Waals surface area contributed by atoms with E-state index in [1.807, 2.05) is 0 Å². The van der Waals surface area contributed by atoms with Gasteiger partial charge in [0, 0.05) is 6.54 Å². The van der Waals surface area contributed by atoms with Gasteiger partial charge in [-0.15, -0.1) is 0 Å². The van der Waals surface area contributed by atoms with E-state index in [1.54, 1.807) is 26.8 Å². The van der Waals surface area contributed by atoms with Gasteiger partial charge in [-0.2, -0.15) is 0 Å². The molecule has 0 aliphatic heterocycles. The molecule has 1 rings (SSSR count). The zero-order chi connectivity index (χ0) is 18.3. The maximum atomic E-state index is 13.7. The Labute approximate surface area is 139 Å². The molecule has 1 aromatic rings. The number of carbonyl (C=O) groups excluding carboxylic acids is 2. The number of hydrogen-bond donors (Lipinski definition) is 1. The van der Waals surface area contributed by atoms with Gasteiger partial charge in [0.2, 0.25) is 0 Å². The standard InChI is InChI=1S/C17H21F2NO4/c1-17(2,3)24-16(22)20-8-6-5-7-11-9-12(18)14(13(19)10-11)15(21)23-4/h5,7,9-10H,6,8H2,1-4H3,(H,20,22). The number of hydrogen-bond acceptors (Lipinski definition) is 4. The fourth-order valence-electron chi connectivity index (χ4n) is 1.78. The van der Waals surface area contributed by atoms with E-state index in [9.17, 15) is 18.4 Å². The van der Waals surface area contributed by atoms with Crippen LogP contribution < -0.4 is 5.32 Å². The molecule has 1 N–H and O–H groups in total. The zero-order valence-electron chi connectivity index (χ0n) is 14.1. The lowest BCUT2D eigenvalue weighted by atomic mass is 10.1. The Bertz CT molecular complexity index is 613. The summed E-state index contributed by atoms with van der Waals surface area (Å²) in [7, 11) is 1.05. The van der Waals surface area contributed by atoms with Gasteiger partial charge in [0.25, 0.3) is 0 Å². The number of carbonyl (C=O) groups is 2. The van der Waals surface area contributed by atoms with Crippen LogP contribution in [0.4, 0.5) is 13.6 Å². The highest BCUT2D eigenvalue weighted by molar-refractivity contribution is 5.90. The van der Waals surface area contributed by atoms with E-state index < -0.39 is 34.9 Å². The second kappa shape index (κ2) is 8.42. The highest BCUT2D eigenvalue weighted by atomic mass is 19.1. The summed E-state index contributed by atoms with van der Waals surface area (Å²) in [6.07, 6.45) is 3.05. The Balaban J connectivity index is 2.57. The lowest BCUT2D eigenvalue weighted by Gasteiger charge is -2.19. The molecule has 0 spiro atoms. The van der Waals surface area contributed by atoms with E-state index in [4.69, 9.17) is 4.74 Å². The van der Waals surface area contributed by atoms with E-state index in [-0.39, 0.29) is 5.56 Å². The van der Waals surface area contributed by atoms with Gasteiger partial charge < -0.3 is 14.8 Å². The molecule has 0 aliphatic rings. The first-order chi connectivity index (χ1) is 11.1.